The summed E-state index contributed by atoms with van der Waals surface area (Å²) in [5.74, 6) is 0.767. The van der Waals surface area contributed by atoms with Gasteiger partial charge in [-0.1, -0.05) is 6.07 Å². The van der Waals surface area contributed by atoms with Gasteiger partial charge in [0.2, 0.25) is 5.88 Å². The van der Waals surface area contributed by atoms with Crippen LogP contribution in [0.25, 0.3) is 10.8 Å². The Hall–Kier alpha value is -1.85. The van der Waals surface area contributed by atoms with Gasteiger partial charge in [0, 0.05) is 48.3 Å². The Morgan fingerprint density at radius 2 is 2.08 bits per heavy atom. The highest BCUT2D eigenvalue weighted by molar-refractivity contribution is 5.97. The number of hydrogen-bond donors (Lipinski definition) is 1. The number of anilines is 1. The van der Waals surface area contributed by atoms with E-state index >= 15 is 0 Å². The molecule has 2 aromatic rings. The summed E-state index contributed by atoms with van der Waals surface area (Å²) in [4.78, 5) is 9.32. The summed E-state index contributed by atoms with van der Waals surface area (Å²) in [7, 11) is 4.17. The molecule has 1 aliphatic heterocycles. The van der Waals surface area contributed by atoms with Crippen LogP contribution in [-0.4, -0.2) is 63.3 Å². The average molecular weight is 342 g/mol. The molecule has 0 amide bonds. The Kier molecular flexibility index (Phi) is 6.10. The lowest BCUT2D eigenvalue weighted by Crippen LogP contribution is -2.27. The van der Waals surface area contributed by atoms with Crippen molar-refractivity contribution >= 4 is 16.5 Å². The van der Waals surface area contributed by atoms with Gasteiger partial charge in [-0.2, -0.15) is 0 Å². The maximum atomic E-state index is 6.05. The van der Waals surface area contributed by atoms with E-state index in [0.717, 1.165) is 56.1 Å². The third kappa shape index (κ3) is 4.61. The summed E-state index contributed by atoms with van der Waals surface area (Å²) in [6, 6.07) is 8.67. The van der Waals surface area contributed by atoms with Crippen LogP contribution in [0.3, 0.4) is 0 Å². The van der Waals surface area contributed by atoms with E-state index in [1.165, 1.54) is 17.5 Å². The highest BCUT2D eigenvalue weighted by atomic mass is 16.5. The second kappa shape index (κ2) is 8.50. The van der Waals surface area contributed by atoms with Crippen molar-refractivity contribution in [3.05, 3.63) is 30.0 Å². The molecular weight excluding hydrogens is 312 g/mol. The summed E-state index contributed by atoms with van der Waals surface area (Å²) in [6.07, 6.45) is 2.18. The van der Waals surface area contributed by atoms with E-state index in [1.807, 2.05) is 6.92 Å². The van der Waals surface area contributed by atoms with Crippen LogP contribution in [0.15, 0.2) is 24.3 Å². The maximum absolute atomic E-state index is 6.05. The first-order valence-corrected chi connectivity index (χ1v) is 9.29. The van der Waals surface area contributed by atoms with E-state index < -0.39 is 0 Å². The number of pyridine rings is 1. The number of hydrogen-bond acceptors (Lipinski definition) is 5. The third-order valence-electron chi connectivity index (χ3n) is 4.61. The first kappa shape index (κ1) is 18.0. The van der Waals surface area contributed by atoms with Gasteiger partial charge >= 0.3 is 0 Å². The van der Waals surface area contributed by atoms with Crippen LogP contribution in [0.4, 0.5) is 5.69 Å². The van der Waals surface area contributed by atoms with Crippen molar-refractivity contribution in [2.45, 2.75) is 19.8 Å². The molecule has 1 aliphatic rings. The van der Waals surface area contributed by atoms with Crippen LogP contribution >= 0.6 is 0 Å². The molecule has 0 aliphatic carbocycles. The molecule has 0 saturated carbocycles. The predicted octanol–water partition coefficient (Wildman–Crippen LogP) is 2.67. The van der Waals surface area contributed by atoms with Crippen molar-refractivity contribution in [2.24, 2.45) is 0 Å². The SMILES string of the molecule is Cc1cc2c(N3CCCNCC3)cccc2c(OCCCN(C)C)n1. The molecule has 0 atom stereocenters. The largest absolute Gasteiger partial charge is 0.477 e. The molecule has 0 unspecified atom stereocenters. The molecule has 5 nitrogen and oxygen atoms in total. The van der Waals surface area contributed by atoms with E-state index in [-0.39, 0.29) is 0 Å². The minimum atomic E-state index is 0.696. The standard InChI is InChI=1S/C20H30N4O/c1-16-15-18-17(20(22-16)25-14-6-11-23(2)3)7-4-8-19(18)24-12-5-9-21-10-13-24/h4,7-8,15,21H,5-6,9-14H2,1-3H3. The number of ether oxygens (including phenoxy) is 1. The smallest absolute Gasteiger partial charge is 0.221 e. The summed E-state index contributed by atoms with van der Waals surface area (Å²) in [5, 5.41) is 5.84. The lowest BCUT2D eigenvalue weighted by atomic mass is 10.1. The molecule has 0 spiro atoms. The number of fused-ring (bicyclic) bond motifs is 1. The molecule has 3 rings (SSSR count). The molecule has 2 heterocycles. The van der Waals surface area contributed by atoms with Crippen LogP contribution in [0, 0.1) is 6.92 Å². The Morgan fingerprint density at radius 3 is 2.92 bits per heavy atom. The number of nitrogens with one attached hydrogen (secondary N) is 1. The first-order valence-electron chi connectivity index (χ1n) is 9.29. The molecule has 5 heteroatoms. The molecule has 1 N–H and O–H groups in total. The van der Waals surface area contributed by atoms with E-state index in [9.17, 15) is 0 Å². The molecule has 25 heavy (non-hydrogen) atoms. The van der Waals surface area contributed by atoms with Gasteiger partial charge in [-0.15, -0.1) is 0 Å². The number of aryl methyl sites for hydroxylation is 1. The van der Waals surface area contributed by atoms with Gasteiger partial charge in [0.1, 0.15) is 0 Å². The zero-order valence-electron chi connectivity index (χ0n) is 15.7. The molecule has 1 aromatic heterocycles. The summed E-state index contributed by atoms with van der Waals surface area (Å²) in [5.41, 5.74) is 2.31. The lowest BCUT2D eigenvalue weighted by molar-refractivity contribution is 0.276. The highest BCUT2D eigenvalue weighted by Gasteiger charge is 2.15. The van der Waals surface area contributed by atoms with E-state index in [1.54, 1.807) is 0 Å². The van der Waals surface area contributed by atoms with Crippen molar-refractivity contribution in [3.8, 4) is 5.88 Å². The van der Waals surface area contributed by atoms with Crippen LogP contribution in [-0.2, 0) is 0 Å². The van der Waals surface area contributed by atoms with Gasteiger partial charge in [-0.05, 0) is 58.6 Å². The molecular formula is C20H30N4O. The summed E-state index contributed by atoms with van der Waals surface area (Å²) < 4.78 is 6.05. The van der Waals surface area contributed by atoms with Crippen LogP contribution in [0.5, 0.6) is 5.88 Å². The topological polar surface area (TPSA) is 40.6 Å². The Labute approximate surface area is 151 Å². The zero-order chi connectivity index (χ0) is 17.6. The fourth-order valence-corrected chi connectivity index (χ4v) is 3.37. The van der Waals surface area contributed by atoms with Gasteiger partial charge in [-0.3, -0.25) is 0 Å². The van der Waals surface area contributed by atoms with Crippen molar-refractivity contribution in [1.29, 1.82) is 0 Å². The van der Waals surface area contributed by atoms with E-state index in [0.29, 0.717) is 6.61 Å². The Morgan fingerprint density at radius 1 is 1.20 bits per heavy atom. The quantitative estimate of drug-likeness (QED) is 0.818. The lowest BCUT2D eigenvalue weighted by Gasteiger charge is -2.24. The summed E-state index contributed by atoms with van der Waals surface area (Å²) >= 11 is 0. The van der Waals surface area contributed by atoms with Gasteiger partial charge in [0.25, 0.3) is 0 Å². The van der Waals surface area contributed by atoms with Gasteiger partial charge in [0.05, 0.1) is 6.61 Å². The molecule has 136 valence electrons. The third-order valence-corrected chi connectivity index (χ3v) is 4.61. The normalized spacial score (nSPS) is 15.6. The average Bonchev–Trinajstić information content (AvgIpc) is 2.87. The Balaban J connectivity index is 1.87. The molecule has 1 saturated heterocycles. The molecule has 1 aromatic carbocycles. The van der Waals surface area contributed by atoms with Crippen LogP contribution < -0.4 is 15.0 Å². The zero-order valence-corrected chi connectivity index (χ0v) is 15.7. The minimum absolute atomic E-state index is 0.696. The van der Waals surface area contributed by atoms with Gasteiger partial charge in [-0.25, -0.2) is 4.98 Å². The highest BCUT2D eigenvalue weighted by Crippen LogP contribution is 2.32. The number of rotatable bonds is 6. The minimum Gasteiger partial charge on any atom is -0.477 e. The van der Waals surface area contributed by atoms with Crippen LogP contribution in [0.1, 0.15) is 18.5 Å². The fraction of sp³-hybridized carbons (Fsp3) is 0.550. The van der Waals surface area contributed by atoms with E-state index in [2.05, 4.69) is 58.5 Å². The van der Waals surface area contributed by atoms with Crippen molar-refractivity contribution in [2.75, 3.05) is 58.3 Å². The number of aromatic nitrogens is 1. The predicted molar refractivity (Wildman–Crippen MR) is 105 cm³/mol. The van der Waals surface area contributed by atoms with E-state index in [4.69, 9.17) is 4.74 Å². The molecule has 0 radical (unpaired) electrons. The first-order chi connectivity index (χ1) is 12.1. The molecule has 1 fully saturated rings. The second-order valence-corrected chi connectivity index (χ2v) is 7.04. The summed E-state index contributed by atoms with van der Waals surface area (Å²) in [6.45, 7) is 8.03. The van der Waals surface area contributed by atoms with Gasteiger partial charge < -0.3 is 19.9 Å². The number of benzene rings is 1. The van der Waals surface area contributed by atoms with Crippen LogP contribution in [0.2, 0.25) is 0 Å². The number of nitrogens with zero attached hydrogens (tertiary/aromatic N) is 3. The second-order valence-electron chi connectivity index (χ2n) is 7.04. The van der Waals surface area contributed by atoms with Crippen molar-refractivity contribution in [1.82, 2.24) is 15.2 Å². The van der Waals surface area contributed by atoms with Crippen molar-refractivity contribution in [3.63, 3.8) is 0 Å². The fourth-order valence-electron chi connectivity index (χ4n) is 3.37. The monoisotopic (exact) mass is 342 g/mol. The Bertz CT molecular complexity index is 693. The molecule has 0 bridgehead atoms. The maximum Gasteiger partial charge on any atom is 0.221 e. The van der Waals surface area contributed by atoms with Gasteiger partial charge in [0.15, 0.2) is 0 Å². The van der Waals surface area contributed by atoms with Crippen molar-refractivity contribution < 1.29 is 4.74 Å².